The number of alkyl halides is 3. The number of hydrogen-bond donors (Lipinski definition) is 2. The smallest absolute Gasteiger partial charge is 0.382 e. The summed E-state index contributed by atoms with van der Waals surface area (Å²) in [6.07, 6.45) is 3.08. The van der Waals surface area contributed by atoms with Crippen molar-refractivity contribution in [1.29, 1.82) is 5.26 Å². The van der Waals surface area contributed by atoms with Gasteiger partial charge in [0.15, 0.2) is 0 Å². The molecule has 4 rings (SSSR count). The number of nitriles is 1. The first-order valence-electron chi connectivity index (χ1n) is 13.0. The van der Waals surface area contributed by atoms with Gasteiger partial charge in [0.1, 0.15) is 0 Å². The fraction of sp³-hybridized carbons (Fsp3) is 0.467. The molecule has 1 amide bonds. The highest BCUT2D eigenvalue weighted by Gasteiger charge is 2.40. The predicted octanol–water partition coefficient (Wildman–Crippen LogP) is 7.17. The molecule has 196 valence electrons. The van der Waals surface area contributed by atoms with Crippen LogP contribution in [-0.4, -0.2) is 11.4 Å². The standard InChI is InChI=1S/C30H34F3N3O/c1-28(2,20-34)24-13-8-12-23(18-24)27(37)36-29(15-4-3-5-16-29)26(22-10-7-11-22)35-19-21-9-6-14-25(17-21)30(31,32)33/h6,8-9,12-14,17-18,35H,3-5,7,10-11,15-16,19H2,1-2H3,(H,36,37). The Kier molecular flexibility index (Phi) is 7.68. The fourth-order valence-electron chi connectivity index (χ4n) is 5.28. The van der Waals surface area contributed by atoms with Crippen molar-refractivity contribution < 1.29 is 18.0 Å². The van der Waals surface area contributed by atoms with Gasteiger partial charge in [-0.25, -0.2) is 0 Å². The summed E-state index contributed by atoms with van der Waals surface area (Å²) in [4.78, 5) is 13.6. The summed E-state index contributed by atoms with van der Waals surface area (Å²) in [5, 5.41) is 16.4. The van der Waals surface area contributed by atoms with Crippen LogP contribution in [0.15, 0.2) is 59.8 Å². The van der Waals surface area contributed by atoms with E-state index in [2.05, 4.69) is 16.7 Å². The van der Waals surface area contributed by atoms with Crippen molar-refractivity contribution in [2.24, 2.45) is 0 Å². The van der Waals surface area contributed by atoms with Gasteiger partial charge < -0.3 is 10.6 Å². The van der Waals surface area contributed by atoms with Crippen molar-refractivity contribution in [1.82, 2.24) is 10.6 Å². The minimum absolute atomic E-state index is 0.198. The highest BCUT2D eigenvalue weighted by Crippen LogP contribution is 2.40. The normalized spacial score (nSPS) is 17.4. The lowest BCUT2D eigenvalue weighted by molar-refractivity contribution is -0.137. The zero-order valence-corrected chi connectivity index (χ0v) is 21.5. The zero-order chi connectivity index (χ0) is 26.7. The zero-order valence-electron chi connectivity index (χ0n) is 21.5. The summed E-state index contributed by atoms with van der Waals surface area (Å²) in [5.74, 6) is -0.198. The van der Waals surface area contributed by atoms with Crippen molar-refractivity contribution in [2.75, 3.05) is 0 Å². The van der Waals surface area contributed by atoms with Gasteiger partial charge in [0.25, 0.3) is 5.91 Å². The minimum Gasteiger partial charge on any atom is -0.382 e. The lowest BCUT2D eigenvalue weighted by atomic mass is 9.74. The van der Waals surface area contributed by atoms with Crippen molar-refractivity contribution >= 4 is 5.91 Å². The second-order valence-electron chi connectivity index (χ2n) is 10.8. The minimum atomic E-state index is -4.39. The van der Waals surface area contributed by atoms with E-state index in [0.717, 1.165) is 68.7 Å². The van der Waals surface area contributed by atoms with Crippen LogP contribution in [0, 0.1) is 11.3 Å². The van der Waals surface area contributed by atoms with Crippen LogP contribution < -0.4 is 10.6 Å². The number of allylic oxidation sites excluding steroid dienone is 1. The molecule has 2 N–H and O–H groups in total. The molecule has 0 bridgehead atoms. The third-order valence-corrected chi connectivity index (χ3v) is 7.70. The molecular weight excluding hydrogens is 475 g/mol. The molecule has 0 saturated heterocycles. The summed E-state index contributed by atoms with van der Waals surface area (Å²) in [5.41, 5.74) is 2.08. The van der Waals surface area contributed by atoms with Gasteiger partial charge >= 0.3 is 6.18 Å². The number of carbonyl (C=O) groups is 1. The molecule has 2 saturated carbocycles. The monoisotopic (exact) mass is 509 g/mol. The first-order valence-corrected chi connectivity index (χ1v) is 13.0. The van der Waals surface area contributed by atoms with Crippen LogP contribution in [0.4, 0.5) is 13.2 Å². The van der Waals surface area contributed by atoms with E-state index >= 15 is 0 Å². The van der Waals surface area contributed by atoms with Crippen LogP contribution in [0.1, 0.15) is 92.3 Å². The third kappa shape index (κ3) is 6.01. The van der Waals surface area contributed by atoms with Crippen LogP contribution in [0.3, 0.4) is 0 Å². The van der Waals surface area contributed by atoms with Gasteiger partial charge in [-0.05, 0) is 86.9 Å². The predicted molar refractivity (Wildman–Crippen MR) is 138 cm³/mol. The molecule has 2 aromatic rings. The maximum absolute atomic E-state index is 13.6. The Bertz CT molecular complexity index is 1210. The van der Waals surface area contributed by atoms with Gasteiger partial charge in [-0.2, -0.15) is 18.4 Å². The molecular formula is C30H34F3N3O. The van der Waals surface area contributed by atoms with Crippen molar-refractivity contribution in [2.45, 2.75) is 88.9 Å². The summed E-state index contributed by atoms with van der Waals surface area (Å²) in [6, 6.07) is 14.9. The number of amides is 1. The molecule has 2 aliphatic carbocycles. The second kappa shape index (κ2) is 10.6. The van der Waals surface area contributed by atoms with Gasteiger partial charge in [0.05, 0.1) is 22.6 Å². The molecule has 2 fully saturated rings. The Labute approximate surface area is 217 Å². The molecule has 0 spiro atoms. The number of nitrogens with one attached hydrogen (secondary N) is 2. The third-order valence-electron chi connectivity index (χ3n) is 7.70. The average molecular weight is 510 g/mol. The summed E-state index contributed by atoms with van der Waals surface area (Å²) in [7, 11) is 0. The Morgan fingerprint density at radius 2 is 1.65 bits per heavy atom. The number of rotatable bonds is 7. The fourth-order valence-corrected chi connectivity index (χ4v) is 5.28. The average Bonchev–Trinajstić information content (AvgIpc) is 2.85. The lowest BCUT2D eigenvalue weighted by Gasteiger charge is -2.43. The molecule has 2 aliphatic rings. The molecule has 37 heavy (non-hydrogen) atoms. The molecule has 2 aromatic carbocycles. The van der Waals surface area contributed by atoms with Crippen LogP contribution in [-0.2, 0) is 18.1 Å². The Hall–Kier alpha value is -3.27. The SMILES string of the molecule is CC(C)(C#N)c1cccc(C(=O)NC2(C(NCc3cccc(C(F)(F)F)c3)=C3CCC3)CCCCC2)c1. The molecule has 4 nitrogen and oxygen atoms in total. The Morgan fingerprint density at radius 1 is 0.973 bits per heavy atom. The summed E-state index contributed by atoms with van der Waals surface area (Å²) in [6.45, 7) is 3.90. The number of halogens is 3. The molecule has 0 heterocycles. The first-order chi connectivity index (χ1) is 17.5. The lowest BCUT2D eigenvalue weighted by Crippen LogP contribution is -2.55. The number of benzene rings is 2. The van der Waals surface area contributed by atoms with E-state index in [1.54, 1.807) is 24.3 Å². The van der Waals surface area contributed by atoms with E-state index in [1.165, 1.54) is 17.7 Å². The molecule has 0 aromatic heterocycles. The van der Waals surface area contributed by atoms with Gasteiger partial charge in [-0.15, -0.1) is 0 Å². The van der Waals surface area contributed by atoms with Crippen LogP contribution in [0.2, 0.25) is 0 Å². The van der Waals surface area contributed by atoms with Gasteiger partial charge in [0, 0.05) is 17.8 Å². The van der Waals surface area contributed by atoms with Gasteiger partial charge in [0.2, 0.25) is 0 Å². The Balaban J connectivity index is 1.62. The molecule has 0 atom stereocenters. The van der Waals surface area contributed by atoms with E-state index in [-0.39, 0.29) is 12.5 Å². The van der Waals surface area contributed by atoms with E-state index < -0.39 is 22.7 Å². The van der Waals surface area contributed by atoms with Gasteiger partial charge in [-0.3, -0.25) is 4.79 Å². The molecule has 0 unspecified atom stereocenters. The number of hydrogen-bond acceptors (Lipinski definition) is 3. The first kappa shape index (κ1) is 26.8. The van der Waals surface area contributed by atoms with Gasteiger partial charge in [-0.1, -0.05) is 43.5 Å². The number of carbonyl (C=O) groups excluding carboxylic acids is 1. The highest BCUT2D eigenvalue weighted by atomic mass is 19.4. The van der Waals surface area contributed by atoms with Crippen molar-refractivity contribution in [3.05, 3.63) is 82.1 Å². The summed E-state index contributed by atoms with van der Waals surface area (Å²) >= 11 is 0. The molecule has 0 radical (unpaired) electrons. The van der Waals surface area contributed by atoms with Crippen LogP contribution in [0.25, 0.3) is 0 Å². The van der Waals surface area contributed by atoms with E-state index in [4.69, 9.17) is 0 Å². The van der Waals surface area contributed by atoms with E-state index in [9.17, 15) is 23.2 Å². The van der Waals surface area contributed by atoms with Crippen molar-refractivity contribution in [3.63, 3.8) is 0 Å². The topological polar surface area (TPSA) is 64.9 Å². The molecule has 0 aliphatic heterocycles. The van der Waals surface area contributed by atoms with Crippen LogP contribution >= 0.6 is 0 Å². The maximum Gasteiger partial charge on any atom is 0.416 e. The van der Waals surface area contributed by atoms with E-state index in [0.29, 0.717) is 11.1 Å². The second-order valence-corrected chi connectivity index (χ2v) is 10.8. The number of nitrogens with zero attached hydrogens (tertiary/aromatic N) is 1. The highest BCUT2D eigenvalue weighted by molar-refractivity contribution is 5.95. The van der Waals surface area contributed by atoms with E-state index in [1.807, 2.05) is 19.9 Å². The Morgan fingerprint density at radius 3 is 2.27 bits per heavy atom. The molecule has 7 heteroatoms. The quantitative estimate of drug-likeness (QED) is 0.416. The largest absolute Gasteiger partial charge is 0.416 e. The maximum atomic E-state index is 13.6. The summed E-state index contributed by atoms with van der Waals surface area (Å²) < 4.78 is 39.7. The van der Waals surface area contributed by atoms with Crippen molar-refractivity contribution in [3.8, 4) is 6.07 Å². The van der Waals surface area contributed by atoms with Crippen LogP contribution in [0.5, 0.6) is 0 Å².